The molecule has 1 aliphatic rings. The van der Waals surface area contributed by atoms with Gasteiger partial charge in [-0.1, -0.05) is 31.0 Å². The molecule has 154 valence electrons. The fourth-order valence-electron chi connectivity index (χ4n) is 3.92. The Morgan fingerprint density at radius 1 is 1.17 bits per heavy atom. The minimum absolute atomic E-state index is 0.0469. The van der Waals surface area contributed by atoms with Crippen molar-refractivity contribution < 1.29 is 9.21 Å². The van der Waals surface area contributed by atoms with Gasteiger partial charge in [0, 0.05) is 48.9 Å². The van der Waals surface area contributed by atoms with Crippen LogP contribution in [0.3, 0.4) is 0 Å². The maximum absolute atomic E-state index is 12.5. The van der Waals surface area contributed by atoms with Crippen molar-refractivity contribution in [3.63, 3.8) is 0 Å². The smallest absolute Gasteiger partial charge is 0.262 e. The molecule has 3 heterocycles. The van der Waals surface area contributed by atoms with Crippen LogP contribution in [-0.4, -0.2) is 30.5 Å². The zero-order valence-corrected chi connectivity index (χ0v) is 17.0. The van der Waals surface area contributed by atoms with Gasteiger partial charge in [-0.25, -0.2) is 0 Å². The number of fused-ring (bicyclic) bond motifs is 1. The van der Waals surface area contributed by atoms with Crippen LogP contribution in [0.25, 0.3) is 17.0 Å². The van der Waals surface area contributed by atoms with Gasteiger partial charge in [0.25, 0.3) is 5.91 Å². The van der Waals surface area contributed by atoms with Crippen LogP contribution < -0.4 is 10.2 Å². The molecular formula is C24H26N4O2. The molecule has 1 fully saturated rings. The summed E-state index contributed by atoms with van der Waals surface area (Å²) in [5, 5.41) is 13.4. The van der Waals surface area contributed by atoms with E-state index in [0.717, 1.165) is 48.3 Å². The summed E-state index contributed by atoms with van der Waals surface area (Å²) in [5.74, 6) is 0.947. The molecule has 6 nitrogen and oxygen atoms in total. The molecule has 1 saturated heterocycles. The molecule has 4 rings (SSSR count). The highest BCUT2D eigenvalue weighted by molar-refractivity contribution is 6.01. The first-order valence-corrected chi connectivity index (χ1v) is 10.5. The quantitative estimate of drug-likeness (QED) is 0.472. The van der Waals surface area contributed by atoms with Crippen molar-refractivity contribution in [2.24, 2.45) is 0 Å². The Hall–Kier alpha value is -3.46. The molecule has 6 heteroatoms. The first-order chi connectivity index (χ1) is 14.7. The summed E-state index contributed by atoms with van der Waals surface area (Å²) in [7, 11) is 0. The summed E-state index contributed by atoms with van der Waals surface area (Å²) in [6.45, 7) is 2.42. The van der Waals surface area contributed by atoms with Gasteiger partial charge in [0.15, 0.2) is 5.88 Å². The number of nitriles is 1. The number of hydrogen-bond acceptors (Lipinski definition) is 4. The van der Waals surface area contributed by atoms with E-state index in [0.29, 0.717) is 18.7 Å². The van der Waals surface area contributed by atoms with Gasteiger partial charge in [-0.3, -0.25) is 4.79 Å². The Kier molecular flexibility index (Phi) is 6.19. The number of H-pyrrole nitrogens is 1. The fraction of sp³-hybridized carbons (Fsp3) is 0.333. The zero-order chi connectivity index (χ0) is 20.8. The number of aromatic amines is 1. The molecule has 30 heavy (non-hydrogen) atoms. The van der Waals surface area contributed by atoms with Gasteiger partial charge in [0.05, 0.1) is 0 Å². The molecule has 1 aliphatic heterocycles. The van der Waals surface area contributed by atoms with Crippen molar-refractivity contribution in [3.05, 3.63) is 59.5 Å². The predicted octanol–water partition coefficient (Wildman–Crippen LogP) is 4.41. The summed E-state index contributed by atoms with van der Waals surface area (Å²) in [4.78, 5) is 17.9. The van der Waals surface area contributed by atoms with Crippen molar-refractivity contribution in [2.45, 2.75) is 32.1 Å². The Labute approximate surface area is 176 Å². The van der Waals surface area contributed by atoms with E-state index in [9.17, 15) is 10.1 Å². The van der Waals surface area contributed by atoms with Crippen LogP contribution in [0.1, 0.15) is 37.0 Å². The molecule has 1 amide bonds. The Morgan fingerprint density at radius 3 is 2.77 bits per heavy atom. The van der Waals surface area contributed by atoms with Crippen molar-refractivity contribution in [1.82, 2.24) is 10.3 Å². The molecular weight excluding hydrogens is 376 g/mol. The lowest BCUT2D eigenvalue weighted by Crippen LogP contribution is -2.26. The average Bonchev–Trinajstić information content (AvgIpc) is 3.31. The number of carbonyl (C=O) groups is 1. The third-order valence-electron chi connectivity index (χ3n) is 5.54. The highest BCUT2D eigenvalue weighted by atomic mass is 16.4. The Bertz CT molecular complexity index is 1080. The van der Waals surface area contributed by atoms with Crippen LogP contribution in [0.4, 0.5) is 5.88 Å². The van der Waals surface area contributed by atoms with Crippen molar-refractivity contribution in [3.8, 4) is 6.07 Å². The number of anilines is 1. The van der Waals surface area contributed by atoms with Crippen LogP contribution in [-0.2, 0) is 11.2 Å². The summed E-state index contributed by atoms with van der Waals surface area (Å²) in [6, 6.07) is 13.8. The van der Waals surface area contributed by atoms with Gasteiger partial charge in [-0.05, 0) is 37.0 Å². The van der Waals surface area contributed by atoms with E-state index in [4.69, 9.17) is 4.42 Å². The second kappa shape index (κ2) is 9.36. The standard InChI is InChI=1S/C24H26N4O2/c25-16-19(15-20-9-10-23(30-20)28-13-5-1-2-6-14-28)24(29)26-12-11-18-17-27-22-8-4-3-7-21(18)22/h3-4,7-10,15,17,27H,1-2,5-6,11-14H2,(H,26,29)/b19-15-. The van der Waals surface area contributed by atoms with Gasteiger partial charge < -0.3 is 19.6 Å². The van der Waals surface area contributed by atoms with Gasteiger partial charge in [0.1, 0.15) is 17.4 Å². The SMILES string of the molecule is N#C/C(=C/c1ccc(N2CCCCCC2)o1)C(=O)NCCc1c[nH]c2ccccc12. The minimum Gasteiger partial charge on any atom is -0.441 e. The highest BCUT2D eigenvalue weighted by Crippen LogP contribution is 2.23. The second-order valence-corrected chi connectivity index (χ2v) is 7.61. The monoisotopic (exact) mass is 402 g/mol. The highest BCUT2D eigenvalue weighted by Gasteiger charge is 2.15. The number of aromatic nitrogens is 1. The molecule has 0 spiro atoms. The van der Waals surface area contributed by atoms with Gasteiger partial charge in [0.2, 0.25) is 0 Å². The first-order valence-electron chi connectivity index (χ1n) is 10.5. The first kappa shape index (κ1) is 19.8. The van der Waals surface area contributed by atoms with E-state index in [1.54, 1.807) is 0 Å². The van der Waals surface area contributed by atoms with E-state index < -0.39 is 0 Å². The number of nitrogens with zero attached hydrogens (tertiary/aromatic N) is 2. The summed E-state index contributed by atoms with van der Waals surface area (Å²) in [5.41, 5.74) is 2.27. The molecule has 0 saturated carbocycles. The molecule has 0 bridgehead atoms. The molecule has 2 N–H and O–H groups in total. The van der Waals surface area contributed by atoms with Crippen LogP contribution in [0.2, 0.25) is 0 Å². The minimum atomic E-state index is -0.384. The summed E-state index contributed by atoms with van der Waals surface area (Å²) < 4.78 is 5.89. The molecule has 0 radical (unpaired) electrons. The van der Waals surface area contributed by atoms with Crippen molar-refractivity contribution in [2.75, 3.05) is 24.5 Å². The van der Waals surface area contributed by atoms with Crippen LogP contribution in [0.5, 0.6) is 0 Å². The molecule has 0 atom stereocenters. The van der Waals surface area contributed by atoms with E-state index in [1.165, 1.54) is 18.9 Å². The average molecular weight is 402 g/mol. The van der Waals surface area contributed by atoms with Crippen LogP contribution >= 0.6 is 0 Å². The lowest BCUT2D eigenvalue weighted by atomic mass is 10.1. The number of furan rings is 1. The van der Waals surface area contributed by atoms with E-state index in [2.05, 4.69) is 21.3 Å². The number of benzene rings is 1. The third kappa shape index (κ3) is 4.57. The topological polar surface area (TPSA) is 85.1 Å². The third-order valence-corrected chi connectivity index (χ3v) is 5.54. The number of amides is 1. The maximum Gasteiger partial charge on any atom is 0.262 e. The normalized spacial score (nSPS) is 15.0. The van der Waals surface area contributed by atoms with E-state index in [1.807, 2.05) is 42.6 Å². The second-order valence-electron chi connectivity index (χ2n) is 7.61. The molecule has 0 unspecified atom stereocenters. The maximum atomic E-state index is 12.5. The number of nitrogens with one attached hydrogen (secondary N) is 2. The van der Waals surface area contributed by atoms with Crippen molar-refractivity contribution >= 4 is 28.8 Å². The van der Waals surface area contributed by atoms with E-state index >= 15 is 0 Å². The van der Waals surface area contributed by atoms with Gasteiger partial charge in [-0.15, -0.1) is 0 Å². The number of rotatable bonds is 6. The summed E-state index contributed by atoms with van der Waals surface area (Å²) >= 11 is 0. The fourth-order valence-corrected chi connectivity index (χ4v) is 3.92. The van der Waals surface area contributed by atoms with Crippen LogP contribution in [0.15, 0.2) is 52.6 Å². The van der Waals surface area contributed by atoms with E-state index in [-0.39, 0.29) is 11.5 Å². The summed E-state index contributed by atoms with van der Waals surface area (Å²) in [6.07, 6.45) is 8.99. The molecule has 0 aliphatic carbocycles. The number of hydrogen-bond donors (Lipinski definition) is 2. The van der Waals surface area contributed by atoms with Crippen LogP contribution in [0, 0.1) is 11.3 Å². The molecule has 3 aromatic rings. The zero-order valence-electron chi connectivity index (χ0n) is 17.0. The van der Waals surface area contributed by atoms with Gasteiger partial charge >= 0.3 is 0 Å². The Balaban J connectivity index is 1.36. The predicted molar refractivity (Wildman–Crippen MR) is 118 cm³/mol. The largest absolute Gasteiger partial charge is 0.441 e. The number of para-hydroxylation sites is 1. The molecule has 1 aromatic carbocycles. The van der Waals surface area contributed by atoms with Gasteiger partial charge in [-0.2, -0.15) is 5.26 Å². The lowest BCUT2D eigenvalue weighted by Gasteiger charge is -2.18. The Morgan fingerprint density at radius 2 is 1.97 bits per heavy atom. The van der Waals surface area contributed by atoms with Crippen molar-refractivity contribution in [1.29, 1.82) is 5.26 Å². The lowest BCUT2D eigenvalue weighted by molar-refractivity contribution is -0.117. The molecule has 2 aromatic heterocycles. The number of carbonyl (C=O) groups excluding carboxylic acids is 1.